The van der Waals surface area contributed by atoms with E-state index in [1.54, 1.807) is 30.2 Å². The molecule has 0 saturated carbocycles. The van der Waals surface area contributed by atoms with Gasteiger partial charge in [0.1, 0.15) is 28.3 Å². The molecule has 0 spiro atoms. The number of rotatable bonds is 6. The van der Waals surface area contributed by atoms with Crippen molar-refractivity contribution in [3.63, 3.8) is 0 Å². The fourth-order valence-corrected chi connectivity index (χ4v) is 5.57. The highest BCUT2D eigenvalue weighted by Crippen LogP contribution is 2.39. The number of likely N-dealkylation sites (tertiary alicyclic amines) is 1. The minimum absolute atomic E-state index is 0.0148. The summed E-state index contributed by atoms with van der Waals surface area (Å²) in [5, 5.41) is 5.92. The van der Waals surface area contributed by atoms with Crippen molar-refractivity contribution in [2.75, 3.05) is 39.1 Å². The summed E-state index contributed by atoms with van der Waals surface area (Å²) in [5.74, 6) is 0.590. The summed E-state index contributed by atoms with van der Waals surface area (Å²) >= 11 is 0. The molecule has 192 valence electrons. The van der Waals surface area contributed by atoms with Gasteiger partial charge in [-0.3, -0.25) is 19.7 Å². The number of imide groups is 1. The molecule has 0 radical (unpaired) electrons. The number of carbonyl (C=O) groups excluding carboxylic acids is 3. The molecule has 6 rings (SSSR count). The molecular weight excluding hydrogens is 474 g/mol. The number of aromatic nitrogens is 1. The number of carbonyl (C=O) groups is 3. The number of amides is 3. The molecule has 0 aliphatic carbocycles. The number of fused-ring (bicyclic) bond motifs is 2. The third-order valence-corrected chi connectivity index (χ3v) is 7.72. The van der Waals surface area contributed by atoms with E-state index in [2.05, 4.69) is 22.6 Å². The van der Waals surface area contributed by atoms with Gasteiger partial charge in [0.2, 0.25) is 11.8 Å². The van der Waals surface area contributed by atoms with E-state index in [1.807, 2.05) is 18.2 Å². The number of piperidine rings is 1. The molecule has 3 aliphatic heterocycles. The number of nitrogens with one attached hydrogen (secondary N) is 2. The Hall–Kier alpha value is -3.92. The lowest BCUT2D eigenvalue weighted by atomic mass is 9.82. The summed E-state index contributed by atoms with van der Waals surface area (Å²) in [6, 6.07) is 11.1. The lowest BCUT2D eigenvalue weighted by Crippen LogP contribution is -2.46. The minimum atomic E-state index is -1.33. The number of hydrogen-bond acceptors (Lipinski definition) is 8. The average molecular weight is 504 g/mol. The van der Waals surface area contributed by atoms with Gasteiger partial charge in [-0.15, -0.1) is 0 Å². The highest BCUT2D eigenvalue weighted by Gasteiger charge is 2.53. The van der Waals surface area contributed by atoms with Crippen LogP contribution in [-0.2, 0) is 21.5 Å². The molecule has 2 fully saturated rings. The van der Waals surface area contributed by atoms with Gasteiger partial charge in [0, 0.05) is 30.8 Å². The van der Waals surface area contributed by atoms with Crippen LogP contribution in [0.2, 0.25) is 0 Å². The maximum atomic E-state index is 13.2. The van der Waals surface area contributed by atoms with Gasteiger partial charge in [-0.1, -0.05) is 6.07 Å². The van der Waals surface area contributed by atoms with Crippen molar-refractivity contribution in [3.05, 3.63) is 53.3 Å². The first-order valence-electron chi connectivity index (χ1n) is 12.5. The van der Waals surface area contributed by atoms with Gasteiger partial charge in [0.05, 0.1) is 13.5 Å². The first-order chi connectivity index (χ1) is 17.8. The SMILES string of the molecule is COc1ccc2c(c1)C(=O)N(C[C@@]1(c3cc4nc(NC5CCN(C)CC5)ccc4o3)CC(=O)NC1=O)C2. The Kier molecular flexibility index (Phi) is 5.63. The van der Waals surface area contributed by atoms with Gasteiger partial charge in [0.15, 0.2) is 5.58 Å². The lowest BCUT2D eigenvalue weighted by Gasteiger charge is -2.29. The van der Waals surface area contributed by atoms with Gasteiger partial charge in [0.25, 0.3) is 5.91 Å². The molecule has 0 bridgehead atoms. The van der Waals surface area contributed by atoms with Crippen LogP contribution in [0.4, 0.5) is 5.82 Å². The van der Waals surface area contributed by atoms with Crippen LogP contribution >= 0.6 is 0 Å². The molecule has 3 aromatic rings. The van der Waals surface area contributed by atoms with Crippen LogP contribution in [0.15, 0.2) is 40.8 Å². The summed E-state index contributed by atoms with van der Waals surface area (Å²) < 4.78 is 11.4. The van der Waals surface area contributed by atoms with Gasteiger partial charge in [-0.05, 0) is 62.8 Å². The molecule has 5 heterocycles. The number of ether oxygens (including phenoxy) is 1. The van der Waals surface area contributed by atoms with E-state index in [1.165, 1.54) is 0 Å². The van der Waals surface area contributed by atoms with Gasteiger partial charge < -0.3 is 24.3 Å². The quantitative estimate of drug-likeness (QED) is 0.492. The van der Waals surface area contributed by atoms with E-state index in [0.29, 0.717) is 40.8 Å². The molecule has 10 heteroatoms. The zero-order valence-electron chi connectivity index (χ0n) is 20.9. The third kappa shape index (κ3) is 4.11. The Morgan fingerprint density at radius 1 is 1.16 bits per heavy atom. The van der Waals surface area contributed by atoms with Crippen LogP contribution in [0.3, 0.4) is 0 Å². The third-order valence-electron chi connectivity index (χ3n) is 7.72. The Balaban J connectivity index is 1.29. The van der Waals surface area contributed by atoms with E-state index in [4.69, 9.17) is 14.1 Å². The summed E-state index contributed by atoms with van der Waals surface area (Å²) in [6.45, 7) is 2.42. The number of hydrogen-bond donors (Lipinski definition) is 2. The van der Waals surface area contributed by atoms with Crippen LogP contribution in [0, 0.1) is 0 Å². The molecule has 3 amide bonds. The molecule has 37 heavy (non-hydrogen) atoms. The number of benzene rings is 1. The maximum absolute atomic E-state index is 13.2. The molecule has 2 saturated heterocycles. The maximum Gasteiger partial charge on any atom is 0.254 e. The van der Waals surface area contributed by atoms with Crippen LogP contribution in [-0.4, -0.2) is 72.3 Å². The molecular formula is C27H29N5O5. The van der Waals surface area contributed by atoms with Crippen LogP contribution in [0.25, 0.3) is 11.1 Å². The second-order valence-electron chi connectivity index (χ2n) is 10.2. The van der Waals surface area contributed by atoms with Crippen LogP contribution < -0.4 is 15.4 Å². The molecule has 2 aromatic heterocycles. The fraction of sp³-hybridized carbons (Fsp3) is 0.407. The topological polar surface area (TPSA) is 117 Å². The van der Waals surface area contributed by atoms with E-state index in [0.717, 1.165) is 37.3 Å². The van der Waals surface area contributed by atoms with Gasteiger partial charge >= 0.3 is 0 Å². The Bertz CT molecular complexity index is 1410. The van der Waals surface area contributed by atoms with Crippen molar-refractivity contribution in [1.29, 1.82) is 0 Å². The number of methoxy groups -OCH3 is 1. The summed E-state index contributed by atoms with van der Waals surface area (Å²) in [5.41, 5.74) is 1.18. The summed E-state index contributed by atoms with van der Waals surface area (Å²) in [6.07, 6.45) is 1.97. The number of furan rings is 1. The standard InChI is InChI=1S/C27H29N5O5/c1-31-9-7-17(8-10-31)28-23-6-5-21-20(29-23)12-22(37-21)27(13-24(33)30-26(27)35)15-32-14-16-3-4-18(36-2)11-19(16)25(32)34/h3-6,11-12,17H,7-10,13-15H2,1-2H3,(H,28,29)(H,30,33,35)/t27-/m1/s1. The zero-order valence-corrected chi connectivity index (χ0v) is 20.9. The Morgan fingerprint density at radius 2 is 1.97 bits per heavy atom. The smallest absolute Gasteiger partial charge is 0.254 e. The Morgan fingerprint density at radius 3 is 2.70 bits per heavy atom. The molecule has 3 aliphatic rings. The summed E-state index contributed by atoms with van der Waals surface area (Å²) in [7, 11) is 3.67. The van der Waals surface area contributed by atoms with E-state index >= 15 is 0 Å². The van der Waals surface area contributed by atoms with Crippen molar-refractivity contribution in [1.82, 2.24) is 20.1 Å². The normalized spacial score (nSPS) is 22.5. The lowest BCUT2D eigenvalue weighted by molar-refractivity contribution is -0.127. The number of anilines is 1. The molecule has 0 unspecified atom stereocenters. The molecule has 1 aromatic carbocycles. The highest BCUT2D eigenvalue weighted by molar-refractivity contribution is 6.10. The first-order valence-corrected chi connectivity index (χ1v) is 12.5. The van der Waals surface area contributed by atoms with E-state index in [9.17, 15) is 14.4 Å². The van der Waals surface area contributed by atoms with Crippen molar-refractivity contribution in [2.24, 2.45) is 0 Å². The van der Waals surface area contributed by atoms with Crippen molar-refractivity contribution >= 4 is 34.6 Å². The highest BCUT2D eigenvalue weighted by atomic mass is 16.5. The number of nitrogens with zero attached hydrogens (tertiary/aromatic N) is 3. The second kappa shape index (κ2) is 8.88. The second-order valence-corrected chi connectivity index (χ2v) is 10.2. The van der Waals surface area contributed by atoms with Crippen molar-refractivity contribution in [3.8, 4) is 5.75 Å². The van der Waals surface area contributed by atoms with E-state index < -0.39 is 17.2 Å². The number of pyridine rings is 1. The zero-order chi connectivity index (χ0) is 25.7. The predicted octanol–water partition coefficient (Wildman–Crippen LogP) is 2.28. The van der Waals surface area contributed by atoms with Crippen LogP contribution in [0.1, 0.15) is 40.9 Å². The van der Waals surface area contributed by atoms with Crippen LogP contribution in [0.5, 0.6) is 5.75 Å². The monoisotopic (exact) mass is 503 g/mol. The molecule has 1 atom stereocenters. The molecule has 10 nitrogen and oxygen atoms in total. The van der Waals surface area contributed by atoms with Crippen molar-refractivity contribution in [2.45, 2.75) is 37.3 Å². The van der Waals surface area contributed by atoms with E-state index in [-0.39, 0.29) is 18.9 Å². The Labute approximate surface area is 213 Å². The predicted molar refractivity (Wildman–Crippen MR) is 135 cm³/mol. The fourth-order valence-electron chi connectivity index (χ4n) is 5.57. The largest absolute Gasteiger partial charge is 0.497 e. The minimum Gasteiger partial charge on any atom is -0.497 e. The van der Waals surface area contributed by atoms with Gasteiger partial charge in [-0.25, -0.2) is 4.98 Å². The molecule has 2 N–H and O–H groups in total. The summed E-state index contributed by atoms with van der Waals surface area (Å²) in [4.78, 5) is 47.5. The van der Waals surface area contributed by atoms with Gasteiger partial charge in [-0.2, -0.15) is 0 Å². The van der Waals surface area contributed by atoms with Crippen molar-refractivity contribution < 1.29 is 23.5 Å². The average Bonchev–Trinajstić information content (AvgIpc) is 3.54. The first kappa shape index (κ1) is 23.5.